The van der Waals surface area contributed by atoms with Crippen molar-refractivity contribution in [3.63, 3.8) is 0 Å². The van der Waals surface area contributed by atoms with Crippen LogP contribution in [0, 0.1) is 11.8 Å². The first-order valence-electron chi connectivity index (χ1n) is 6.32. The fraction of sp³-hybridized carbons (Fsp3) is 0.750. The number of hydrogen-bond donors (Lipinski definition) is 1. The van der Waals surface area contributed by atoms with Crippen LogP contribution in [-0.2, 0) is 11.3 Å². The number of hydrogen-bond acceptors (Lipinski definition) is 4. The molecule has 0 bridgehead atoms. The number of nitrogens with zero attached hydrogens (tertiary/aromatic N) is 4. The number of likely N-dealkylation sites (tertiary alicyclic amines) is 1. The molecule has 2 rings (SSSR count). The van der Waals surface area contributed by atoms with Crippen molar-refractivity contribution in [1.82, 2.24) is 19.7 Å². The molecule has 1 N–H and O–H groups in total. The average Bonchev–Trinajstić information content (AvgIpc) is 2.69. The van der Waals surface area contributed by atoms with Crippen LogP contribution in [0.5, 0.6) is 0 Å². The van der Waals surface area contributed by atoms with Gasteiger partial charge in [0.25, 0.3) is 0 Å². The van der Waals surface area contributed by atoms with E-state index in [-0.39, 0.29) is 11.8 Å². The molecule has 18 heavy (non-hydrogen) atoms. The topological polar surface area (TPSA) is 71.2 Å². The highest BCUT2D eigenvalue weighted by Gasteiger charge is 2.35. The lowest BCUT2D eigenvalue weighted by Gasteiger charge is -2.40. The minimum atomic E-state index is -0.704. The highest BCUT2D eigenvalue weighted by Crippen LogP contribution is 2.25. The van der Waals surface area contributed by atoms with Crippen molar-refractivity contribution in [3.8, 4) is 0 Å². The van der Waals surface area contributed by atoms with Crippen LogP contribution in [0.15, 0.2) is 6.33 Å². The van der Waals surface area contributed by atoms with E-state index in [1.807, 2.05) is 4.68 Å². The van der Waals surface area contributed by atoms with E-state index in [1.54, 1.807) is 13.3 Å². The molecule has 6 nitrogen and oxygen atoms in total. The van der Waals surface area contributed by atoms with Gasteiger partial charge in [0.15, 0.2) is 0 Å². The van der Waals surface area contributed by atoms with Crippen LogP contribution < -0.4 is 0 Å². The molecule has 1 aromatic rings. The summed E-state index contributed by atoms with van der Waals surface area (Å²) in [6, 6.07) is 0.303. The molecule has 0 aliphatic carbocycles. The summed E-state index contributed by atoms with van der Waals surface area (Å²) in [6.45, 7) is 8.34. The Morgan fingerprint density at radius 1 is 1.50 bits per heavy atom. The Hall–Kier alpha value is -1.43. The van der Waals surface area contributed by atoms with Gasteiger partial charge in [-0.1, -0.05) is 6.92 Å². The first kappa shape index (κ1) is 13.0. The highest BCUT2D eigenvalue weighted by atomic mass is 16.4. The predicted molar refractivity (Wildman–Crippen MR) is 66.0 cm³/mol. The lowest BCUT2D eigenvalue weighted by molar-refractivity contribution is -0.145. The van der Waals surface area contributed by atoms with Crippen molar-refractivity contribution in [1.29, 1.82) is 0 Å². The summed E-state index contributed by atoms with van der Waals surface area (Å²) >= 11 is 0. The number of carboxylic acid groups (broad SMARTS) is 1. The molecule has 1 aromatic heterocycles. The quantitative estimate of drug-likeness (QED) is 0.847. The molecule has 6 heteroatoms. The smallest absolute Gasteiger partial charge is 0.306 e. The third-order valence-corrected chi connectivity index (χ3v) is 3.58. The SMILES string of the molecule is CC(C(=O)O)C1CN(Cc2ncnn2C(C)C)C1. The number of aromatic nitrogens is 3. The third kappa shape index (κ3) is 2.53. The van der Waals surface area contributed by atoms with Crippen molar-refractivity contribution in [3.05, 3.63) is 12.2 Å². The van der Waals surface area contributed by atoms with E-state index in [4.69, 9.17) is 5.11 Å². The van der Waals surface area contributed by atoms with Gasteiger partial charge >= 0.3 is 5.97 Å². The van der Waals surface area contributed by atoms with Crippen LogP contribution >= 0.6 is 0 Å². The van der Waals surface area contributed by atoms with Crippen LogP contribution in [0.25, 0.3) is 0 Å². The molecular weight excluding hydrogens is 232 g/mol. The lowest BCUT2D eigenvalue weighted by Crippen LogP contribution is -2.50. The van der Waals surface area contributed by atoms with Gasteiger partial charge in [0.05, 0.1) is 12.5 Å². The minimum Gasteiger partial charge on any atom is -0.481 e. The fourth-order valence-corrected chi connectivity index (χ4v) is 2.28. The van der Waals surface area contributed by atoms with Crippen molar-refractivity contribution < 1.29 is 9.90 Å². The molecule has 1 atom stereocenters. The van der Waals surface area contributed by atoms with E-state index >= 15 is 0 Å². The molecule has 1 saturated heterocycles. The van der Waals surface area contributed by atoms with Crippen LogP contribution in [0.1, 0.15) is 32.6 Å². The maximum Gasteiger partial charge on any atom is 0.306 e. The second kappa shape index (κ2) is 5.06. The summed E-state index contributed by atoms with van der Waals surface area (Å²) in [5.41, 5.74) is 0. The lowest BCUT2D eigenvalue weighted by atomic mass is 9.87. The summed E-state index contributed by atoms with van der Waals surface area (Å²) in [5, 5.41) is 13.1. The molecule has 1 unspecified atom stereocenters. The van der Waals surface area contributed by atoms with Crippen molar-refractivity contribution in [2.24, 2.45) is 11.8 Å². The standard InChI is InChI=1S/C12H20N4O2/c1-8(2)16-11(13-7-14-16)6-15-4-10(5-15)9(3)12(17)18/h7-10H,4-6H2,1-3H3,(H,17,18). The Morgan fingerprint density at radius 2 is 2.17 bits per heavy atom. The maximum atomic E-state index is 10.9. The summed E-state index contributed by atoms with van der Waals surface area (Å²) in [7, 11) is 0. The second-order valence-corrected chi connectivity index (χ2v) is 5.30. The molecule has 0 radical (unpaired) electrons. The van der Waals surface area contributed by atoms with Gasteiger partial charge in [-0.2, -0.15) is 5.10 Å². The van der Waals surface area contributed by atoms with E-state index in [9.17, 15) is 4.79 Å². The molecule has 0 aromatic carbocycles. The first-order chi connectivity index (χ1) is 8.49. The number of carbonyl (C=O) groups is 1. The molecule has 0 spiro atoms. The average molecular weight is 252 g/mol. The van der Waals surface area contributed by atoms with E-state index < -0.39 is 5.97 Å². The van der Waals surface area contributed by atoms with E-state index in [2.05, 4.69) is 28.8 Å². The largest absolute Gasteiger partial charge is 0.481 e. The zero-order valence-electron chi connectivity index (χ0n) is 11.1. The van der Waals surface area contributed by atoms with Gasteiger partial charge in [-0.3, -0.25) is 9.69 Å². The molecule has 2 heterocycles. The Labute approximate surface area is 107 Å². The molecule has 100 valence electrons. The Bertz CT molecular complexity index is 423. The van der Waals surface area contributed by atoms with Gasteiger partial charge < -0.3 is 5.11 Å². The van der Waals surface area contributed by atoms with E-state index in [0.717, 1.165) is 25.5 Å². The predicted octanol–water partition coefficient (Wildman–Crippen LogP) is 1.01. The normalized spacial score (nSPS) is 18.9. The monoisotopic (exact) mass is 252 g/mol. The Balaban J connectivity index is 1.87. The molecular formula is C12H20N4O2. The van der Waals surface area contributed by atoms with Gasteiger partial charge in [0.2, 0.25) is 0 Å². The van der Waals surface area contributed by atoms with Crippen molar-refractivity contribution in [2.75, 3.05) is 13.1 Å². The molecule has 0 saturated carbocycles. The van der Waals surface area contributed by atoms with Gasteiger partial charge in [-0.15, -0.1) is 0 Å². The number of aliphatic carboxylic acids is 1. The maximum absolute atomic E-state index is 10.9. The highest BCUT2D eigenvalue weighted by molar-refractivity contribution is 5.70. The van der Waals surface area contributed by atoms with Crippen LogP contribution in [-0.4, -0.2) is 43.8 Å². The summed E-state index contributed by atoms with van der Waals surface area (Å²) < 4.78 is 1.91. The zero-order valence-corrected chi connectivity index (χ0v) is 11.1. The fourth-order valence-electron chi connectivity index (χ4n) is 2.28. The molecule has 0 amide bonds. The third-order valence-electron chi connectivity index (χ3n) is 3.58. The van der Waals surface area contributed by atoms with Gasteiger partial charge in [-0.05, 0) is 19.8 Å². The van der Waals surface area contributed by atoms with Gasteiger partial charge in [0.1, 0.15) is 12.2 Å². The number of carboxylic acids is 1. The van der Waals surface area contributed by atoms with E-state index in [1.165, 1.54) is 0 Å². The summed E-state index contributed by atoms with van der Waals surface area (Å²) in [5.74, 6) is 0.249. The van der Waals surface area contributed by atoms with Crippen LogP contribution in [0.3, 0.4) is 0 Å². The molecule has 1 fully saturated rings. The Kier molecular flexibility index (Phi) is 3.65. The molecule has 1 aliphatic rings. The number of rotatable bonds is 5. The minimum absolute atomic E-state index is 0.260. The van der Waals surface area contributed by atoms with Gasteiger partial charge in [0, 0.05) is 19.1 Å². The van der Waals surface area contributed by atoms with Crippen LogP contribution in [0.2, 0.25) is 0 Å². The first-order valence-corrected chi connectivity index (χ1v) is 6.32. The second-order valence-electron chi connectivity index (χ2n) is 5.30. The van der Waals surface area contributed by atoms with Crippen LogP contribution in [0.4, 0.5) is 0 Å². The zero-order chi connectivity index (χ0) is 13.3. The van der Waals surface area contributed by atoms with Crippen molar-refractivity contribution in [2.45, 2.75) is 33.4 Å². The summed E-state index contributed by atoms with van der Waals surface area (Å²) in [6.07, 6.45) is 1.58. The summed E-state index contributed by atoms with van der Waals surface area (Å²) in [4.78, 5) is 17.3. The Morgan fingerprint density at radius 3 is 2.72 bits per heavy atom. The van der Waals surface area contributed by atoms with Crippen molar-refractivity contribution >= 4 is 5.97 Å². The molecule has 1 aliphatic heterocycles. The van der Waals surface area contributed by atoms with Gasteiger partial charge in [-0.25, -0.2) is 9.67 Å². The van der Waals surface area contributed by atoms with E-state index in [0.29, 0.717) is 6.04 Å².